The van der Waals surface area contributed by atoms with E-state index in [9.17, 15) is 18.1 Å². The lowest BCUT2D eigenvalue weighted by Gasteiger charge is -2.09. The maximum absolute atomic E-state index is 13.3. The van der Waals surface area contributed by atoms with Crippen molar-refractivity contribution in [1.29, 1.82) is 5.26 Å². The first-order chi connectivity index (χ1) is 12.4. The van der Waals surface area contributed by atoms with Crippen LogP contribution in [-0.4, -0.2) is 26.9 Å². The average molecular weight is 394 g/mol. The number of hydrogen-bond acceptors (Lipinski definition) is 4. The van der Waals surface area contributed by atoms with E-state index in [1.165, 1.54) is 48.5 Å². The molecule has 0 radical (unpaired) electrons. The molecule has 1 aliphatic carbocycles. The molecule has 0 spiro atoms. The molecule has 2 aromatic rings. The predicted molar refractivity (Wildman–Crippen MR) is 96.1 cm³/mol. The summed E-state index contributed by atoms with van der Waals surface area (Å²) in [6.07, 6.45) is 0. The molecule has 0 amide bonds. The van der Waals surface area contributed by atoms with Crippen LogP contribution in [0, 0.1) is 22.6 Å². The maximum atomic E-state index is 13.3. The summed E-state index contributed by atoms with van der Waals surface area (Å²) in [5.41, 5.74) is -0.595. The molecule has 3 atom stereocenters. The van der Waals surface area contributed by atoms with Crippen LogP contribution in [0.15, 0.2) is 53.4 Å². The fourth-order valence-corrected chi connectivity index (χ4v) is 5.82. The summed E-state index contributed by atoms with van der Waals surface area (Å²) < 4.78 is 45.0. The topological polar surface area (TPSA) is 67.2 Å². The Labute approximate surface area is 157 Å². The number of nitrogens with zero attached hydrogens (tertiary/aromatic N) is 1. The number of hydrogen-bond donors (Lipinski definition) is 0. The zero-order valence-corrected chi connectivity index (χ0v) is 15.6. The van der Waals surface area contributed by atoms with E-state index in [1.807, 2.05) is 0 Å². The van der Waals surface area contributed by atoms with Gasteiger partial charge in [0.1, 0.15) is 11.2 Å². The van der Waals surface area contributed by atoms with Crippen molar-refractivity contribution in [3.63, 3.8) is 0 Å². The van der Waals surface area contributed by atoms with Gasteiger partial charge in [-0.05, 0) is 48.9 Å². The van der Waals surface area contributed by atoms with E-state index in [-0.39, 0.29) is 11.5 Å². The summed E-state index contributed by atoms with van der Waals surface area (Å²) in [7, 11) is -3.79. The second-order valence-corrected chi connectivity index (χ2v) is 8.74. The lowest BCUT2D eigenvalue weighted by Crippen LogP contribution is -2.19. The third kappa shape index (κ3) is 3.11. The minimum absolute atomic E-state index is 0.000467. The summed E-state index contributed by atoms with van der Waals surface area (Å²) in [6.45, 7) is 2.15. The van der Waals surface area contributed by atoms with Crippen LogP contribution in [0.5, 0.6) is 0 Å². The zero-order valence-electron chi connectivity index (χ0n) is 14.0. The monoisotopic (exact) mass is 393 g/mol. The molecular weight excluding hydrogens is 377 g/mol. The Morgan fingerprint density at radius 2 is 1.81 bits per heavy atom. The number of ether oxygens (including phenoxy) is 1. The van der Waals surface area contributed by atoms with Gasteiger partial charge in [-0.25, -0.2) is 12.8 Å². The Kier molecular flexibility index (Phi) is 5.07. The molecule has 4 nitrogen and oxygen atoms in total. The maximum Gasteiger partial charge on any atom is 0.183 e. The second-order valence-electron chi connectivity index (χ2n) is 6.24. The molecule has 0 bridgehead atoms. The smallest absolute Gasteiger partial charge is 0.183 e. The van der Waals surface area contributed by atoms with E-state index in [0.717, 1.165) is 0 Å². The Bertz CT molecular complexity index is 938. The summed E-state index contributed by atoms with van der Waals surface area (Å²) in [5, 5.41) is 9.27. The molecule has 0 unspecified atom stereocenters. The van der Waals surface area contributed by atoms with Gasteiger partial charge in [-0.3, -0.25) is 0 Å². The number of rotatable bonds is 6. The first kappa shape index (κ1) is 18.8. The van der Waals surface area contributed by atoms with Crippen molar-refractivity contribution >= 4 is 21.4 Å². The Morgan fingerprint density at radius 3 is 2.35 bits per heavy atom. The van der Waals surface area contributed by atoms with Crippen molar-refractivity contribution in [2.45, 2.75) is 23.0 Å². The lowest BCUT2D eigenvalue weighted by molar-refractivity contribution is 0.117. The van der Waals surface area contributed by atoms with Crippen molar-refractivity contribution in [3.05, 3.63) is 64.9 Å². The van der Waals surface area contributed by atoms with Crippen LogP contribution in [0.3, 0.4) is 0 Å². The molecule has 0 N–H and O–H groups in total. The van der Waals surface area contributed by atoms with Crippen LogP contribution in [0.2, 0.25) is 5.02 Å². The van der Waals surface area contributed by atoms with Crippen LogP contribution >= 0.6 is 11.6 Å². The summed E-state index contributed by atoms with van der Waals surface area (Å²) in [5.74, 6) is -1.00. The summed E-state index contributed by atoms with van der Waals surface area (Å²) in [6, 6.07) is 13.6. The van der Waals surface area contributed by atoms with E-state index >= 15 is 0 Å². The predicted octanol–water partition coefficient (Wildman–Crippen LogP) is 3.97. The lowest BCUT2D eigenvalue weighted by atomic mass is 10.0. The minimum Gasteiger partial charge on any atom is -0.380 e. The molecule has 26 heavy (non-hydrogen) atoms. The average Bonchev–Trinajstić information content (AvgIpc) is 3.31. The SMILES string of the molecule is CCOC[C@@]1(C#N)[C@@H](c2ccc(F)cc2)[C@@H]1S(=O)(=O)c1ccc(Cl)cc1. The molecule has 1 fully saturated rings. The van der Waals surface area contributed by atoms with Crippen molar-refractivity contribution in [2.24, 2.45) is 5.41 Å². The highest BCUT2D eigenvalue weighted by molar-refractivity contribution is 7.92. The first-order valence-corrected chi connectivity index (χ1v) is 10.0. The highest BCUT2D eigenvalue weighted by Crippen LogP contribution is 2.63. The van der Waals surface area contributed by atoms with E-state index in [1.54, 1.807) is 6.92 Å². The van der Waals surface area contributed by atoms with Gasteiger partial charge in [0.15, 0.2) is 9.84 Å². The van der Waals surface area contributed by atoms with Crippen LogP contribution in [-0.2, 0) is 14.6 Å². The molecular formula is C19H17ClFNO3S. The van der Waals surface area contributed by atoms with Gasteiger partial charge in [0, 0.05) is 17.5 Å². The number of nitriles is 1. The van der Waals surface area contributed by atoms with Crippen LogP contribution in [0.1, 0.15) is 18.4 Å². The van der Waals surface area contributed by atoms with Crippen LogP contribution in [0.4, 0.5) is 4.39 Å². The summed E-state index contributed by atoms with van der Waals surface area (Å²) >= 11 is 5.85. The largest absolute Gasteiger partial charge is 0.380 e. The minimum atomic E-state index is -3.79. The second kappa shape index (κ2) is 6.99. The van der Waals surface area contributed by atoms with Gasteiger partial charge in [-0.2, -0.15) is 5.26 Å². The van der Waals surface area contributed by atoms with Gasteiger partial charge >= 0.3 is 0 Å². The van der Waals surface area contributed by atoms with Crippen molar-refractivity contribution in [2.75, 3.05) is 13.2 Å². The fourth-order valence-electron chi connectivity index (χ4n) is 3.38. The first-order valence-electron chi connectivity index (χ1n) is 8.10. The molecule has 0 aliphatic heterocycles. The van der Waals surface area contributed by atoms with Gasteiger partial charge in [-0.1, -0.05) is 23.7 Å². The molecule has 0 saturated heterocycles. The number of sulfone groups is 1. The van der Waals surface area contributed by atoms with E-state index in [0.29, 0.717) is 17.2 Å². The van der Waals surface area contributed by atoms with Gasteiger partial charge in [0.05, 0.1) is 22.8 Å². The van der Waals surface area contributed by atoms with E-state index in [2.05, 4.69) is 6.07 Å². The Balaban J connectivity index is 2.05. The van der Waals surface area contributed by atoms with Gasteiger partial charge < -0.3 is 4.74 Å². The molecule has 7 heteroatoms. The summed E-state index contributed by atoms with van der Waals surface area (Å²) in [4.78, 5) is 0.104. The van der Waals surface area contributed by atoms with Crippen molar-refractivity contribution < 1.29 is 17.5 Å². The number of benzene rings is 2. The standard InChI is InChI=1S/C19H17ClFNO3S/c1-2-25-12-19(11-22)17(13-3-7-15(21)8-4-13)18(19)26(23,24)16-9-5-14(20)6-10-16/h3-10,17-18H,2,12H2,1H3/t17-,18-,19-/m0/s1. The zero-order chi connectivity index (χ0) is 18.9. The molecule has 1 saturated carbocycles. The molecule has 1 aliphatic rings. The Morgan fingerprint density at radius 1 is 1.19 bits per heavy atom. The van der Waals surface area contributed by atoms with E-state index in [4.69, 9.17) is 16.3 Å². The molecule has 3 rings (SSSR count). The Hall–Kier alpha value is -1.94. The third-order valence-corrected chi connectivity index (χ3v) is 7.26. The quantitative estimate of drug-likeness (QED) is 0.744. The van der Waals surface area contributed by atoms with E-state index < -0.39 is 32.2 Å². The van der Waals surface area contributed by atoms with Gasteiger partial charge in [-0.15, -0.1) is 0 Å². The highest BCUT2D eigenvalue weighted by atomic mass is 35.5. The molecule has 2 aromatic carbocycles. The molecule has 0 aromatic heterocycles. The van der Waals surface area contributed by atoms with Gasteiger partial charge in [0.2, 0.25) is 0 Å². The van der Waals surface area contributed by atoms with Crippen molar-refractivity contribution in [1.82, 2.24) is 0 Å². The van der Waals surface area contributed by atoms with Crippen LogP contribution < -0.4 is 0 Å². The molecule has 136 valence electrons. The van der Waals surface area contributed by atoms with Crippen LogP contribution in [0.25, 0.3) is 0 Å². The molecule has 0 heterocycles. The fraction of sp³-hybridized carbons (Fsp3) is 0.316. The number of halogens is 2. The normalized spacial score (nSPS) is 24.8. The van der Waals surface area contributed by atoms with Crippen molar-refractivity contribution in [3.8, 4) is 6.07 Å². The highest BCUT2D eigenvalue weighted by Gasteiger charge is 2.72. The van der Waals surface area contributed by atoms with Gasteiger partial charge in [0.25, 0.3) is 0 Å². The third-order valence-electron chi connectivity index (χ3n) is 4.72.